The van der Waals surface area contributed by atoms with Crippen LogP contribution in [0.25, 0.3) is 105 Å². The minimum atomic E-state index is -0.263. The highest BCUT2D eigenvalue weighted by molar-refractivity contribution is 6.11. The van der Waals surface area contributed by atoms with E-state index in [2.05, 4.69) is 297 Å². The highest BCUT2D eigenvalue weighted by atomic mass is 15.0. The van der Waals surface area contributed by atoms with Crippen LogP contribution in [0.1, 0.15) is 65.6 Å². The minimum absolute atomic E-state index is 0.259. The zero-order valence-corrected chi connectivity index (χ0v) is 45.6. The van der Waals surface area contributed by atoms with Gasteiger partial charge in [-0.05, 0) is 163 Å². The summed E-state index contributed by atoms with van der Waals surface area (Å²) in [5.74, 6) is 0. The maximum Gasteiger partial charge on any atom is 0.0541 e. The van der Waals surface area contributed by atoms with Gasteiger partial charge in [-0.2, -0.15) is 0 Å². The first-order chi connectivity index (χ1) is 40.6. The molecule has 82 heavy (non-hydrogen) atoms. The number of rotatable bonds is 8. The van der Waals surface area contributed by atoms with Crippen LogP contribution in [0, 0.1) is 0 Å². The van der Waals surface area contributed by atoms with Gasteiger partial charge in [0.2, 0.25) is 0 Å². The molecule has 4 nitrogen and oxygen atoms in total. The van der Waals surface area contributed by atoms with Crippen LogP contribution in [-0.2, 0) is 17.3 Å². The van der Waals surface area contributed by atoms with Crippen molar-refractivity contribution in [2.75, 3.05) is 0 Å². The van der Waals surface area contributed by atoms with Crippen molar-refractivity contribution in [3.8, 4) is 22.7 Å². The molecule has 390 valence electrons. The first-order valence-electron chi connectivity index (χ1n) is 29.3. The fourth-order valence-corrected chi connectivity index (χ4v) is 15.4. The van der Waals surface area contributed by atoms with Gasteiger partial charge in [0.15, 0.2) is 0 Å². The summed E-state index contributed by atoms with van der Waals surface area (Å²) in [6.07, 6.45) is 10.7. The summed E-state index contributed by atoms with van der Waals surface area (Å²) in [6.45, 7) is 0. The Morgan fingerprint density at radius 1 is 0.244 bits per heavy atom. The SMILES string of the molecule is C1=Cc2c(c3ccccc3n2-c2ccc(C3(c4ccc(-n5c6ccccc6c6ccccc65)cc4)CCC(c4ccc(-n5c6ccccc6c6ccccc65)cc4)(c4ccc(-n5c6ccccc6c6ccccc65)cc4)CC3)cc2)CC1. The first-order valence-corrected chi connectivity index (χ1v) is 29.3. The van der Waals surface area contributed by atoms with Gasteiger partial charge in [-0.1, -0.05) is 182 Å². The van der Waals surface area contributed by atoms with Gasteiger partial charge in [-0.25, -0.2) is 0 Å². The quantitative estimate of drug-likeness (QED) is 0.145. The summed E-state index contributed by atoms with van der Waals surface area (Å²) < 4.78 is 9.84. The zero-order valence-electron chi connectivity index (χ0n) is 45.6. The fraction of sp³-hybridized carbons (Fsp3) is 0.103. The van der Waals surface area contributed by atoms with E-state index in [1.807, 2.05) is 0 Å². The number of hydrogen-bond acceptors (Lipinski definition) is 0. The van der Waals surface area contributed by atoms with Crippen LogP contribution in [0.5, 0.6) is 0 Å². The Hall–Kier alpha value is -9.90. The Kier molecular flexibility index (Phi) is 10.5. The summed E-state index contributed by atoms with van der Waals surface area (Å²) >= 11 is 0. The normalized spacial score (nSPS) is 14.9. The topological polar surface area (TPSA) is 19.7 Å². The largest absolute Gasteiger partial charge is 0.310 e. The molecule has 0 aliphatic heterocycles. The number of aryl methyl sites for hydroxylation is 1. The average molecular weight is 1050 g/mol. The van der Waals surface area contributed by atoms with Crippen LogP contribution in [-0.4, -0.2) is 18.3 Å². The van der Waals surface area contributed by atoms with E-state index in [9.17, 15) is 0 Å². The van der Waals surface area contributed by atoms with Gasteiger partial charge in [0.25, 0.3) is 0 Å². The molecule has 0 atom stereocenters. The van der Waals surface area contributed by atoms with Crippen LogP contribution < -0.4 is 0 Å². The molecule has 0 amide bonds. The molecule has 1 saturated carbocycles. The average Bonchev–Trinajstić information content (AvgIpc) is 4.35. The Bertz CT molecular complexity index is 4690. The first kappa shape index (κ1) is 47.0. The van der Waals surface area contributed by atoms with Crippen LogP contribution in [0.3, 0.4) is 0 Å². The lowest BCUT2D eigenvalue weighted by molar-refractivity contribution is 0.257. The molecule has 4 aromatic heterocycles. The molecule has 0 N–H and O–H groups in total. The number of allylic oxidation sites excluding steroid dienone is 1. The Balaban J connectivity index is 0.816. The lowest BCUT2D eigenvalue weighted by Gasteiger charge is -2.48. The number of para-hydroxylation sites is 7. The lowest BCUT2D eigenvalue weighted by atomic mass is 9.55. The number of aromatic nitrogens is 4. The second-order valence-corrected chi connectivity index (χ2v) is 23.1. The summed E-state index contributed by atoms with van der Waals surface area (Å²) in [6, 6.07) is 101. The lowest BCUT2D eigenvalue weighted by Crippen LogP contribution is -2.41. The standard InChI is InChI=1S/C78H58N4/c1-9-25-69-61(17-1)62-18-2-10-26-70(62)79(69)57-41-33-53(34-42-57)77(54-35-43-58(44-36-54)80-71-27-11-3-19-63(71)64-20-4-12-28-72(64)80)49-51-78(52-50-77,55-37-45-59(46-38-55)81-73-29-13-5-21-65(73)66-22-6-14-30-74(66)81)56-39-47-60(48-40-56)82-75-31-15-7-23-67(75)68-24-8-16-32-76(68)82/h1-7,9-23,25-48H,8,24,49-52H2. The van der Waals surface area contributed by atoms with Crippen molar-refractivity contribution >= 4 is 82.4 Å². The zero-order chi connectivity index (χ0) is 53.9. The molecule has 0 bridgehead atoms. The molecule has 11 aromatic carbocycles. The Labute approximate surface area is 476 Å². The van der Waals surface area contributed by atoms with Crippen LogP contribution >= 0.6 is 0 Å². The van der Waals surface area contributed by atoms with Crippen molar-refractivity contribution in [1.29, 1.82) is 0 Å². The highest BCUT2D eigenvalue weighted by Crippen LogP contribution is 2.55. The van der Waals surface area contributed by atoms with E-state index in [1.165, 1.54) is 133 Å². The minimum Gasteiger partial charge on any atom is -0.310 e. The summed E-state index contributed by atoms with van der Waals surface area (Å²) in [5.41, 5.74) is 21.1. The summed E-state index contributed by atoms with van der Waals surface area (Å²) in [7, 11) is 0. The summed E-state index contributed by atoms with van der Waals surface area (Å²) in [5, 5.41) is 9.03. The maximum atomic E-state index is 2.50. The van der Waals surface area contributed by atoms with E-state index in [0.717, 1.165) is 38.5 Å². The monoisotopic (exact) mass is 1050 g/mol. The molecule has 15 aromatic rings. The molecular formula is C78H58N4. The molecule has 1 fully saturated rings. The third-order valence-corrected chi connectivity index (χ3v) is 19.3. The molecule has 4 heterocycles. The predicted octanol–water partition coefficient (Wildman–Crippen LogP) is 19.7. The number of fused-ring (bicyclic) bond motifs is 12. The fourth-order valence-electron chi connectivity index (χ4n) is 15.4. The Morgan fingerprint density at radius 3 is 0.780 bits per heavy atom. The molecule has 2 aliphatic rings. The van der Waals surface area contributed by atoms with Gasteiger partial charge < -0.3 is 18.3 Å². The van der Waals surface area contributed by atoms with Crippen LogP contribution in [0.2, 0.25) is 0 Å². The van der Waals surface area contributed by atoms with Crippen molar-refractivity contribution in [2.24, 2.45) is 0 Å². The molecule has 2 aliphatic carbocycles. The second kappa shape index (κ2) is 18.3. The molecule has 0 spiro atoms. The molecular weight excluding hydrogens is 993 g/mol. The molecule has 4 heteroatoms. The third kappa shape index (κ3) is 6.91. The van der Waals surface area contributed by atoms with Crippen molar-refractivity contribution < 1.29 is 0 Å². The van der Waals surface area contributed by atoms with E-state index in [0.29, 0.717) is 0 Å². The van der Waals surface area contributed by atoms with E-state index >= 15 is 0 Å². The van der Waals surface area contributed by atoms with E-state index in [1.54, 1.807) is 0 Å². The van der Waals surface area contributed by atoms with Crippen LogP contribution in [0.15, 0.2) is 273 Å². The van der Waals surface area contributed by atoms with Crippen molar-refractivity contribution in [2.45, 2.75) is 49.4 Å². The van der Waals surface area contributed by atoms with E-state index < -0.39 is 0 Å². The second-order valence-electron chi connectivity index (χ2n) is 23.1. The van der Waals surface area contributed by atoms with Gasteiger partial charge in [0.05, 0.1) is 38.6 Å². The molecule has 0 saturated heterocycles. The van der Waals surface area contributed by atoms with Gasteiger partial charge in [0, 0.05) is 77.0 Å². The number of nitrogens with zero attached hydrogens (tertiary/aromatic N) is 4. The smallest absolute Gasteiger partial charge is 0.0541 e. The van der Waals surface area contributed by atoms with Gasteiger partial charge in [-0.15, -0.1) is 0 Å². The Morgan fingerprint density at radius 2 is 0.488 bits per heavy atom. The van der Waals surface area contributed by atoms with Gasteiger partial charge in [0.1, 0.15) is 0 Å². The van der Waals surface area contributed by atoms with Gasteiger partial charge >= 0.3 is 0 Å². The summed E-state index contributed by atoms with van der Waals surface area (Å²) in [4.78, 5) is 0. The number of hydrogen-bond donors (Lipinski definition) is 0. The molecule has 0 radical (unpaired) electrons. The maximum absolute atomic E-state index is 2.50. The molecule has 0 unspecified atom stereocenters. The van der Waals surface area contributed by atoms with Crippen molar-refractivity contribution in [3.63, 3.8) is 0 Å². The van der Waals surface area contributed by atoms with Crippen molar-refractivity contribution in [1.82, 2.24) is 18.3 Å². The van der Waals surface area contributed by atoms with Crippen LogP contribution in [0.4, 0.5) is 0 Å². The predicted molar refractivity (Wildman–Crippen MR) is 343 cm³/mol. The van der Waals surface area contributed by atoms with E-state index in [-0.39, 0.29) is 10.8 Å². The van der Waals surface area contributed by atoms with Gasteiger partial charge in [-0.3, -0.25) is 0 Å². The highest BCUT2D eigenvalue weighted by Gasteiger charge is 2.46. The number of benzene rings is 11. The third-order valence-electron chi connectivity index (χ3n) is 19.3. The van der Waals surface area contributed by atoms with Crippen molar-refractivity contribution in [3.05, 3.63) is 307 Å². The molecule has 17 rings (SSSR count). The van der Waals surface area contributed by atoms with E-state index in [4.69, 9.17) is 0 Å².